The second-order valence-electron chi connectivity index (χ2n) is 5.37. The molecule has 0 spiro atoms. The number of hydrogen-bond acceptors (Lipinski definition) is 5. The predicted octanol–water partition coefficient (Wildman–Crippen LogP) is 3.91. The molecule has 0 bridgehead atoms. The summed E-state index contributed by atoms with van der Waals surface area (Å²) in [5.74, 6) is 1.45. The summed E-state index contributed by atoms with van der Waals surface area (Å²) in [5.41, 5.74) is 0.622. The number of pyridine rings is 1. The lowest BCUT2D eigenvalue weighted by Crippen LogP contribution is -2.14. The van der Waals surface area contributed by atoms with Crippen molar-refractivity contribution in [2.24, 2.45) is 5.16 Å². The van der Waals surface area contributed by atoms with Crippen molar-refractivity contribution < 1.29 is 9.94 Å². The summed E-state index contributed by atoms with van der Waals surface area (Å²) in [6.07, 6.45) is 4.87. The summed E-state index contributed by atoms with van der Waals surface area (Å²) < 4.78 is 7.27. The molecule has 2 aromatic carbocycles. The molecule has 2 heterocycles. The SMILES string of the molecule is O/N=C(/c1ccc(Oc2ccc3ccccc3c2)nc1)n1cccn1. The van der Waals surface area contributed by atoms with Gasteiger partial charge in [0.1, 0.15) is 5.75 Å². The van der Waals surface area contributed by atoms with E-state index in [2.05, 4.69) is 21.3 Å². The average molecular weight is 330 g/mol. The highest BCUT2D eigenvalue weighted by molar-refractivity contribution is 5.99. The summed E-state index contributed by atoms with van der Waals surface area (Å²) in [7, 11) is 0. The largest absolute Gasteiger partial charge is 0.439 e. The number of benzene rings is 2. The second kappa shape index (κ2) is 6.45. The van der Waals surface area contributed by atoms with Gasteiger partial charge in [-0.15, -0.1) is 0 Å². The summed E-state index contributed by atoms with van der Waals surface area (Å²) >= 11 is 0. The van der Waals surface area contributed by atoms with Crippen molar-refractivity contribution in [1.82, 2.24) is 14.8 Å². The molecule has 6 nitrogen and oxygen atoms in total. The number of hydrogen-bond donors (Lipinski definition) is 1. The van der Waals surface area contributed by atoms with Crippen molar-refractivity contribution in [3.05, 3.63) is 84.8 Å². The van der Waals surface area contributed by atoms with Crippen LogP contribution in [0.5, 0.6) is 11.6 Å². The van der Waals surface area contributed by atoms with Crippen LogP contribution >= 0.6 is 0 Å². The van der Waals surface area contributed by atoms with E-state index >= 15 is 0 Å². The van der Waals surface area contributed by atoms with Gasteiger partial charge in [-0.05, 0) is 35.0 Å². The maximum Gasteiger partial charge on any atom is 0.219 e. The third-order valence-electron chi connectivity index (χ3n) is 3.75. The molecule has 0 aliphatic carbocycles. The van der Waals surface area contributed by atoms with Gasteiger partial charge in [-0.1, -0.05) is 35.5 Å². The Morgan fingerprint density at radius 2 is 1.88 bits per heavy atom. The maximum absolute atomic E-state index is 9.22. The molecule has 0 unspecified atom stereocenters. The van der Waals surface area contributed by atoms with Crippen molar-refractivity contribution >= 4 is 16.6 Å². The molecule has 1 N–H and O–H groups in total. The van der Waals surface area contributed by atoms with Crippen molar-refractivity contribution in [2.45, 2.75) is 0 Å². The van der Waals surface area contributed by atoms with Crippen LogP contribution in [0.15, 0.2) is 84.4 Å². The fourth-order valence-electron chi connectivity index (χ4n) is 2.55. The fraction of sp³-hybridized carbons (Fsp3) is 0. The van der Waals surface area contributed by atoms with E-state index in [-0.39, 0.29) is 5.84 Å². The first-order valence-corrected chi connectivity index (χ1v) is 7.69. The molecule has 0 amide bonds. The molecule has 0 aliphatic rings. The van der Waals surface area contributed by atoms with Crippen LogP contribution in [-0.4, -0.2) is 25.8 Å². The lowest BCUT2D eigenvalue weighted by molar-refractivity contribution is 0.316. The van der Waals surface area contributed by atoms with E-state index in [0.717, 1.165) is 10.8 Å². The van der Waals surface area contributed by atoms with E-state index in [4.69, 9.17) is 4.74 Å². The lowest BCUT2D eigenvalue weighted by Gasteiger charge is -2.08. The zero-order valence-electron chi connectivity index (χ0n) is 13.1. The fourth-order valence-corrected chi connectivity index (χ4v) is 2.55. The van der Waals surface area contributed by atoms with Gasteiger partial charge in [0, 0.05) is 30.2 Å². The van der Waals surface area contributed by atoms with Gasteiger partial charge in [0.15, 0.2) is 0 Å². The number of oxime groups is 1. The maximum atomic E-state index is 9.22. The Bertz CT molecular complexity index is 1020. The summed E-state index contributed by atoms with van der Waals surface area (Å²) in [4.78, 5) is 4.28. The Kier molecular flexibility index (Phi) is 3.84. The van der Waals surface area contributed by atoms with Crippen molar-refractivity contribution in [1.29, 1.82) is 0 Å². The third-order valence-corrected chi connectivity index (χ3v) is 3.75. The van der Waals surface area contributed by atoms with Crippen LogP contribution in [0.3, 0.4) is 0 Å². The number of ether oxygens (including phenoxy) is 1. The molecule has 4 aromatic rings. The molecular weight excluding hydrogens is 316 g/mol. The Hall–Kier alpha value is -3.67. The van der Waals surface area contributed by atoms with E-state index in [1.165, 1.54) is 4.68 Å². The topological polar surface area (TPSA) is 72.5 Å². The van der Waals surface area contributed by atoms with Gasteiger partial charge in [-0.3, -0.25) is 0 Å². The summed E-state index contributed by atoms with van der Waals surface area (Å²) in [6.45, 7) is 0. The number of aromatic nitrogens is 3. The van der Waals surface area contributed by atoms with Crippen LogP contribution in [0.1, 0.15) is 5.56 Å². The monoisotopic (exact) mass is 330 g/mol. The van der Waals surface area contributed by atoms with Crippen molar-refractivity contribution in [2.75, 3.05) is 0 Å². The molecule has 0 aliphatic heterocycles. The van der Waals surface area contributed by atoms with E-state index in [0.29, 0.717) is 17.2 Å². The van der Waals surface area contributed by atoms with E-state index in [1.54, 1.807) is 36.8 Å². The van der Waals surface area contributed by atoms with Crippen LogP contribution in [0.25, 0.3) is 10.8 Å². The number of rotatable bonds is 3. The molecule has 2 aromatic heterocycles. The van der Waals surface area contributed by atoms with Gasteiger partial charge in [-0.25, -0.2) is 9.67 Å². The molecule has 25 heavy (non-hydrogen) atoms. The highest BCUT2D eigenvalue weighted by Crippen LogP contribution is 2.24. The highest BCUT2D eigenvalue weighted by atomic mass is 16.5. The summed E-state index contributed by atoms with van der Waals surface area (Å²) in [5, 5.41) is 18.8. The molecule has 6 heteroatoms. The first-order valence-electron chi connectivity index (χ1n) is 7.69. The van der Waals surface area contributed by atoms with Gasteiger partial charge >= 0.3 is 0 Å². The highest BCUT2D eigenvalue weighted by Gasteiger charge is 2.09. The lowest BCUT2D eigenvalue weighted by atomic mass is 10.1. The molecular formula is C19H14N4O2. The Morgan fingerprint density at radius 1 is 1.00 bits per heavy atom. The molecule has 0 saturated heterocycles. The second-order valence-corrected chi connectivity index (χ2v) is 5.37. The Morgan fingerprint density at radius 3 is 2.60 bits per heavy atom. The van der Waals surface area contributed by atoms with Crippen molar-refractivity contribution in [3.63, 3.8) is 0 Å². The van der Waals surface area contributed by atoms with Crippen LogP contribution in [0, 0.1) is 0 Å². The van der Waals surface area contributed by atoms with Gasteiger partial charge in [-0.2, -0.15) is 5.10 Å². The normalized spacial score (nSPS) is 11.6. The molecule has 0 atom stereocenters. The number of nitrogens with zero attached hydrogens (tertiary/aromatic N) is 4. The van der Waals surface area contributed by atoms with Crippen LogP contribution in [-0.2, 0) is 0 Å². The van der Waals surface area contributed by atoms with Gasteiger partial charge in [0.2, 0.25) is 11.7 Å². The van der Waals surface area contributed by atoms with Gasteiger partial charge in [0.05, 0.1) is 0 Å². The minimum Gasteiger partial charge on any atom is -0.439 e. The average Bonchev–Trinajstić information content (AvgIpc) is 3.18. The van der Waals surface area contributed by atoms with Gasteiger partial charge < -0.3 is 9.94 Å². The third kappa shape index (κ3) is 3.05. The molecule has 0 saturated carbocycles. The quantitative estimate of drug-likeness (QED) is 0.267. The van der Waals surface area contributed by atoms with Crippen LogP contribution in [0.2, 0.25) is 0 Å². The standard InChI is InChI=1S/C19H14N4O2/c24-22-19(23-11-3-10-21-23)16-7-9-18(20-13-16)25-17-8-6-14-4-1-2-5-15(14)12-17/h1-13,24H/b22-19-. The zero-order chi connectivity index (χ0) is 17.1. The molecule has 4 rings (SSSR count). The van der Waals surface area contributed by atoms with Crippen LogP contribution in [0.4, 0.5) is 0 Å². The van der Waals surface area contributed by atoms with E-state index in [1.807, 2.05) is 36.4 Å². The zero-order valence-corrected chi connectivity index (χ0v) is 13.1. The van der Waals surface area contributed by atoms with Crippen LogP contribution < -0.4 is 4.74 Å². The summed E-state index contributed by atoms with van der Waals surface area (Å²) in [6, 6.07) is 19.2. The smallest absolute Gasteiger partial charge is 0.219 e. The van der Waals surface area contributed by atoms with Crippen molar-refractivity contribution in [3.8, 4) is 11.6 Å². The minimum atomic E-state index is 0.287. The Labute approximate surface area is 143 Å². The molecule has 0 fully saturated rings. The number of fused-ring (bicyclic) bond motifs is 1. The minimum absolute atomic E-state index is 0.287. The first kappa shape index (κ1) is 14.9. The van der Waals surface area contributed by atoms with Gasteiger partial charge in [0.25, 0.3) is 0 Å². The van der Waals surface area contributed by atoms with E-state index in [9.17, 15) is 5.21 Å². The predicted molar refractivity (Wildman–Crippen MR) is 94.2 cm³/mol. The molecule has 122 valence electrons. The van der Waals surface area contributed by atoms with E-state index < -0.39 is 0 Å². The first-order chi connectivity index (χ1) is 12.3. The molecule has 0 radical (unpaired) electrons. The Balaban J connectivity index is 1.57.